The number of nitrogens with one attached hydrogen (secondary N) is 2. The molecule has 22 heavy (non-hydrogen) atoms. The van der Waals surface area contributed by atoms with Crippen molar-refractivity contribution in [1.29, 1.82) is 0 Å². The van der Waals surface area contributed by atoms with E-state index in [1.807, 2.05) is 0 Å². The van der Waals surface area contributed by atoms with Gasteiger partial charge in [-0.3, -0.25) is 4.79 Å². The Bertz CT molecular complexity index is 482. The van der Waals surface area contributed by atoms with Crippen molar-refractivity contribution in [3.8, 4) is 0 Å². The van der Waals surface area contributed by atoms with E-state index in [4.69, 9.17) is 0 Å². The molecule has 2 aliphatic carbocycles. The van der Waals surface area contributed by atoms with Gasteiger partial charge in [-0.25, -0.2) is 0 Å². The fraction of sp³-hybridized carbons (Fsp3) is 0.800. The van der Waals surface area contributed by atoms with Crippen LogP contribution in [0.2, 0.25) is 0 Å². The molecule has 0 saturated heterocycles. The number of hydrogen-bond donors (Lipinski definition) is 2. The third-order valence-corrected chi connectivity index (χ3v) is 6.37. The fourth-order valence-electron chi connectivity index (χ4n) is 3.21. The van der Waals surface area contributed by atoms with Crippen LogP contribution in [0.15, 0.2) is 4.34 Å². The van der Waals surface area contributed by atoms with Gasteiger partial charge in [0.2, 0.25) is 11.0 Å². The Morgan fingerprint density at radius 1 is 1.05 bits per heavy atom. The monoisotopic (exact) mass is 340 g/mol. The summed E-state index contributed by atoms with van der Waals surface area (Å²) in [5, 5.41) is 15.8. The van der Waals surface area contributed by atoms with Crippen molar-refractivity contribution in [3.05, 3.63) is 0 Å². The van der Waals surface area contributed by atoms with Crippen molar-refractivity contribution in [2.45, 2.75) is 74.2 Å². The zero-order valence-corrected chi connectivity index (χ0v) is 14.5. The SMILES string of the molecule is O=C(CSc1nnc(NC2CCCCC2)s1)NC1CCCC1. The molecule has 1 aromatic heterocycles. The van der Waals surface area contributed by atoms with Crippen molar-refractivity contribution < 1.29 is 4.79 Å². The van der Waals surface area contributed by atoms with Gasteiger partial charge in [0.15, 0.2) is 4.34 Å². The van der Waals surface area contributed by atoms with Crippen molar-refractivity contribution >= 4 is 34.1 Å². The van der Waals surface area contributed by atoms with Gasteiger partial charge in [-0.05, 0) is 25.7 Å². The summed E-state index contributed by atoms with van der Waals surface area (Å²) in [7, 11) is 0. The summed E-state index contributed by atoms with van der Waals surface area (Å²) in [4.78, 5) is 11.9. The third-order valence-electron chi connectivity index (χ3n) is 4.39. The number of rotatable bonds is 6. The molecule has 1 heterocycles. The van der Waals surface area contributed by atoms with Crippen molar-refractivity contribution in [1.82, 2.24) is 15.5 Å². The molecule has 1 amide bonds. The van der Waals surface area contributed by atoms with Crippen LogP contribution in [0.4, 0.5) is 5.13 Å². The molecule has 0 unspecified atom stereocenters. The summed E-state index contributed by atoms with van der Waals surface area (Å²) in [5.74, 6) is 0.558. The lowest BCUT2D eigenvalue weighted by molar-refractivity contribution is -0.119. The first-order valence-corrected chi connectivity index (χ1v) is 10.1. The van der Waals surface area contributed by atoms with Crippen molar-refractivity contribution in [2.75, 3.05) is 11.1 Å². The second-order valence-corrected chi connectivity index (χ2v) is 8.39. The maximum Gasteiger partial charge on any atom is 0.230 e. The Morgan fingerprint density at radius 2 is 1.73 bits per heavy atom. The molecule has 0 spiro atoms. The average Bonchev–Trinajstić information content (AvgIpc) is 3.18. The van der Waals surface area contributed by atoms with E-state index in [9.17, 15) is 4.79 Å². The van der Waals surface area contributed by atoms with E-state index >= 15 is 0 Å². The zero-order chi connectivity index (χ0) is 15.2. The van der Waals surface area contributed by atoms with Gasteiger partial charge in [-0.15, -0.1) is 10.2 Å². The second-order valence-electron chi connectivity index (χ2n) is 6.19. The minimum absolute atomic E-state index is 0.119. The summed E-state index contributed by atoms with van der Waals surface area (Å²) >= 11 is 3.05. The Balaban J connectivity index is 1.40. The highest BCUT2D eigenvalue weighted by Crippen LogP contribution is 2.28. The summed E-state index contributed by atoms with van der Waals surface area (Å²) in [6, 6.07) is 0.941. The summed E-state index contributed by atoms with van der Waals surface area (Å²) < 4.78 is 0.875. The summed E-state index contributed by atoms with van der Waals surface area (Å²) in [5.41, 5.74) is 0. The maximum absolute atomic E-state index is 11.9. The Hall–Kier alpha value is -0.820. The quantitative estimate of drug-likeness (QED) is 0.777. The second kappa shape index (κ2) is 8.15. The predicted octanol–water partition coefficient (Wildman–Crippen LogP) is 3.43. The van der Waals surface area contributed by atoms with E-state index in [0.29, 0.717) is 17.8 Å². The lowest BCUT2D eigenvalue weighted by atomic mass is 9.96. The standard InChI is InChI=1S/C15H24N4OS2/c20-13(16-11-8-4-5-9-11)10-21-15-19-18-14(22-15)17-12-6-2-1-3-7-12/h11-12H,1-10H2,(H,16,20)(H,17,18). The van der Waals surface area contributed by atoms with Crippen molar-refractivity contribution in [3.63, 3.8) is 0 Å². The van der Waals surface area contributed by atoms with Gasteiger partial charge in [-0.2, -0.15) is 0 Å². The molecule has 2 fully saturated rings. The van der Waals surface area contributed by atoms with Crippen LogP contribution in [0, 0.1) is 0 Å². The molecule has 2 aliphatic rings. The molecule has 0 radical (unpaired) electrons. The first kappa shape index (κ1) is 16.1. The minimum atomic E-state index is 0.119. The topological polar surface area (TPSA) is 66.9 Å². The van der Waals surface area contributed by atoms with Gasteiger partial charge in [-0.1, -0.05) is 55.2 Å². The number of anilines is 1. The molecule has 2 N–H and O–H groups in total. The normalized spacial score (nSPS) is 20.2. The first-order chi connectivity index (χ1) is 10.8. The van der Waals surface area contributed by atoms with Gasteiger partial charge in [0.1, 0.15) is 0 Å². The van der Waals surface area contributed by atoms with Crippen LogP contribution in [-0.2, 0) is 4.79 Å². The third kappa shape index (κ3) is 4.84. The molecule has 0 aromatic carbocycles. The first-order valence-electron chi connectivity index (χ1n) is 8.32. The van der Waals surface area contributed by atoms with Crippen LogP contribution in [0.5, 0.6) is 0 Å². The molecule has 2 saturated carbocycles. The number of nitrogens with zero attached hydrogens (tertiary/aromatic N) is 2. The zero-order valence-electron chi connectivity index (χ0n) is 12.8. The van der Waals surface area contributed by atoms with Crippen LogP contribution in [0.3, 0.4) is 0 Å². The number of amides is 1. The van der Waals surface area contributed by atoms with Crippen LogP contribution < -0.4 is 10.6 Å². The lowest BCUT2D eigenvalue weighted by Gasteiger charge is -2.21. The van der Waals surface area contributed by atoms with E-state index in [0.717, 1.165) is 22.3 Å². The number of aromatic nitrogens is 2. The highest BCUT2D eigenvalue weighted by Gasteiger charge is 2.18. The molecule has 3 rings (SSSR count). The van der Waals surface area contributed by atoms with E-state index < -0.39 is 0 Å². The minimum Gasteiger partial charge on any atom is -0.357 e. The Kier molecular flexibility index (Phi) is 5.95. The highest BCUT2D eigenvalue weighted by atomic mass is 32.2. The van der Waals surface area contributed by atoms with E-state index in [2.05, 4.69) is 20.8 Å². The van der Waals surface area contributed by atoms with Gasteiger partial charge in [0.25, 0.3) is 0 Å². The number of carbonyl (C=O) groups is 1. The molecule has 7 heteroatoms. The van der Waals surface area contributed by atoms with Gasteiger partial charge in [0.05, 0.1) is 5.75 Å². The molecular weight excluding hydrogens is 316 g/mol. The number of carbonyl (C=O) groups excluding carboxylic acids is 1. The molecular formula is C15H24N4OS2. The number of thioether (sulfide) groups is 1. The maximum atomic E-state index is 11.9. The lowest BCUT2D eigenvalue weighted by Crippen LogP contribution is -2.33. The smallest absolute Gasteiger partial charge is 0.230 e. The Labute approximate surface area is 140 Å². The Morgan fingerprint density at radius 3 is 2.50 bits per heavy atom. The molecule has 5 nitrogen and oxygen atoms in total. The molecule has 1 aromatic rings. The van der Waals surface area contributed by atoms with Crippen LogP contribution in [-0.4, -0.2) is 33.9 Å². The molecule has 0 bridgehead atoms. The van der Waals surface area contributed by atoms with E-state index in [1.165, 1.54) is 56.7 Å². The van der Waals surface area contributed by atoms with Crippen LogP contribution in [0.25, 0.3) is 0 Å². The summed E-state index contributed by atoms with van der Waals surface area (Å²) in [6.07, 6.45) is 11.2. The predicted molar refractivity (Wildman–Crippen MR) is 91.5 cm³/mol. The highest BCUT2D eigenvalue weighted by molar-refractivity contribution is 8.01. The van der Waals surface area contributed by atoms with E-state index in [-0.39, 0.29) is 5.91 Å². The average molecular weight is 341 g/mol. The fourth-order valence-corrected chi connectivity index (χ4v) is 4.85. The summed E-state index contributed by atoms with van der Waals surface area (Å²) in [6.45, 7) is 0. The van der Waals surface area contributed by atoms with Crippen molar-refractivity contribution in [2.24, 2.45) is 0 Å². The van der Waals surface area contributed by atoms with Gasteiger partial charge < -0.3 is 10.6 Å². The van der Waals surface area contributed by atoms with Gasteiger partial charge >= 0.3 is 0 Å². The molecule has 0 atom stereocenters. The number of hydrogen-bond acceptors (Lipinski definition) is 6. The van der Waals surface area contributed by atoms with E-state index in [1.54, 1.807) is 11.3 Å². The van der Waals surface area contributed by atoms with Crippen LogP contribution >= 0.6 is 23.1 Å². The molecule has 0 aliphatic heterocycles. The largest absolute Gasteiger partial charge is 0.357 e. The van der Waals surface area contributed by atoms with Crippen LogP contribution in [0.1, 0.15) is 57.8 Å². The molecule has 122 valence electrons. The van der Waals surface area contributed by atoms with Gasteiger partial charge in [0, 0.05) is 12.1 Å².